The molecule has 2 aliphatic rings. The lowest BCUT2D eigenvalue weighted by Gasteiger charge is -2.31. The lowest BCUT2D eigenvalue weighted by molar-refractivity contribution is -0.138. The molecule has 9 heteroatoms. The quantitative estimate of drug-likeness (QED) is 0.575. The molecule has 1 heterocycles. The van der Waals surface area contributed by atoms with Crippen molar-refractivity contribution >= 4 is 40.7 Å². The number of methoxy groups -OCH3 is 2. The molecule has 7 nitrogen and oxygen atoms in total. The molecule has 0 unspecified atom stereocenters. The Bertz CT molecular complexity index is 1250. The van der Waals surface area contributed by atoms with E-state index in [1.165, 1.54) is 7.11 Å². The molecule has 170 valence electrons. The molecular formula is C24H18Cl2O7. The van der Waals surface area contributed by atoms with Gasteiger partial charge >= 0.3 is 5.97 Å². The summed E-state index contributed by atoms with van der Waals surface area (Å²) in [5.74, 6) is -2.38. The molecule has 0 radical (unpaired) electrons. The first-order chi connectivity index (χ1) is 15.8. The van der Waals surface area contributed by atoms with Crippen molar-refractivity contribution in [2.45, 2.75) is 19.1 Å². The van der Waals surface area contributed by atoms with Crippen molar-refractivity contribution in [3.8, 4) is 11.5 Å². The standard InChI is InChI=1S/C24H18Cl2O7/c1-12-18(25)20(32-11-13-7-5-4-6-8-13)17-21(19(12)26)33-24(22(17)28)15(23(29)31-3)9-14(27)10-16(24)30-2/h4-10H,11H2,1-3H3/t24-/m1/s1. The van der Waals surface area contributed by atoms with Crippen LogP contribution >= 0.6 is 23.2 Å². The van der Waals surface area contributed by atoms with Gasteiger partial charge in [-0.3, -0.25) is 9.59 Å². The summed E-state index contributed by atoms with van der Waals surface area (Å²) < 4.78 is 22.2. The monoisotopic (exact) mass is 488 g/mol. The molecule has 0 aromatic heterocycles. The maximum absolute atomic E-state index is 13.9. The molecule has 1 aliphatic heterocycles. The second kappa shape index (κ2) is 8.57. The van der Waals surface area contributed by atoms with Crippen LogP contribution in [-0.4, -0.2) is 37.4 Å². The summed E-state index contributed by atoms with van der Waals surface area (Å²) in [6.07, 6.45) is 2.05. The molecule has 0 bridgehead atoms. The Balaban J connectivity index is 1.90. The van der Waals surface area contributed by atoms with Crippen LogP contribution in [0.3, 0.4) is 0 Å². The van der Waals surface area contributed by atoms with Crippen LogP contribution < -0.4 is 9.47 Å². The number of hydrogen-bond donors (Lipinski definition) is 0. The van der Waals surface area contributed by atoms with E-state index in [4.69, 9.17) is 42.1 Å². The van der Waals surface area contributed by atoms with Gasteiger partial charge in [0.05, 0.1) is 24.3 Å². The van der Waals surface area contributed by atoms with E-state index in [-0.39, 0.29) is 45.0 Å². The Labute approximate surface area is 199 Å². The zero-order valence-electron chi connectivity index (χ0n) is 17.9. The maximum atomic E-state index is 13.9. The highest BCUT2D eigenvalue weighted by Crippen LogP contribution is 2.54. The van der Waals surface area contributed by atoms with E-state index in [0.717, 1.165) is 24.8 Å². The number of rotatable bonds is 5. The van der Waals surface area contributed by atoms with Crippen LogP contribution in [0.1, 0.15) is 21.5 Å². The van der Waals surface area contributed by atoms with Gasteiger partial charge in [0.1, 0.15) is 17.7 Å². The number of carbonyl (C=O) groups excluding carboxylic acids is 3. The van der Waals surface area contributed by atoms with E-state index < -0.39 is 23.1 Å². The number of fused-ring (bicyclic) bond motifs is 1. The van der Waals surface area contributed by atoms with Crippen LogP contribution in [-0.2, 0) is 25.7 Å². The first-order valence-corrected chi connectivity index (χ1v) is 10.5. The summed E-state index contributed by atoms with van der Waals surface area (Å²) in [6.45, 7) is 1.76. The number of ether oxygens (including phenoxy) is 4. The molecule has 1 atom stereocenters. The van der Waals surface area contributed by atoms with E-state index in [0.29, 0.717) is 5.56 Å². The Morgan fingerprint density at radius 3 is 2.39 bits per heavy atom. The number of halogens is 2. The van der Waals surface area contributed by atoms with Crippen molar-refractivity contribution in [3.05, 3.63) is 80.6 Å². The molecule has 4 rings (SSSR count). The van der Waals surface area contributed by atoms with Gasteiger partial charge in [-0.1, -0.05) is 53.5 Å². The lowest BCUT2D eigenvalue weighted by Crippen LogP contribution is -2.49. The van der Waals surface area contributed by atoms with Gasteiger partial charge in [0, 0.05) is 12.2 Å². The number of Topliss-reactive ketones (excluding diaryl/α,β-unsaturated/α-hetero) is 1. The fraction of sp³-hybridized carbons (Fsp3) is 0.208. The number of esters is 1. The number of ketones is 2. The van der Waals surface area contributed by atoms with E-state index in [1.807, 2.05) is 30.3 Å². The summed E-state index contributed by atoms with van der Waals surface area (Å²) in [7, 11) is 2.38. The zero-order chi connectivity index (χ0) is 23.9. The minimum atomic E-state index is -2.11. The smallest absolute Gasteiger partial charge is 0.338 e. The van der Waals surface area contributed by atoms with Crippen molar-refractivity contribution in [2.75, 3.05) is 14.2 Å². The minimum Gasteiger partial charge on any atom is -0.496 e. The first kappa shape index (κ1) is 22.9. The van der Waals surface area contributed by atoms with Crippen LogP contribution in [0.5, 0.6) is 11.5 Å². The fourth-order valence-corrected chi connectivity index (χ4v) is 4.33. The SMILES string of the molecule is COC(=O)C1=CC(=O)C=C(OC)[C@]12Oc1c(Cl)c(C)c(Cl)c(OCc3ccccc3)c1C2=O. The molecule has 0 N–H and O–H groups in total. The fourth-order valence-electron chi connectivity index (χ4n) is 3.81. The molecule has 1 aliphatic carbocycles. The highest BCUT2D eigenvalue weighted by molar-refractivity contribution is 6.40. The highest BCUT2D eigenvalue weighted by Gasteiger charge is 2.61. The largest absolute Gasteiger partial charge is 0.496 e. The summed E-state index contributed by atoms with van der Waals surface area (Å²) in [5.41, 5.74) is -1.24. The Morgan fingerprint density at radius 2 is 1.76 bits per heavy atom. The molecule has 1 spiro atoms. The van der Waals surface area contributed by atoms with E-state index in [9.17, 15) is 14.4 Å². The van der Waals surface area contributed by atoms with Crippen molar-refractivity contribution in [1.29, 1.82) is 0 Å². The van der Waals surface area contributed by atoms with Crippen molar-refractivity contribution in [1.82, 2.24) is 0 Å². The average molecular weight is 489 g/mol. The normalized spacial score (nSPS) is 18.9. The van der Waals surface area contributed by atoms with Gasteiger partial charge in [0.25, 0.3) is 5.60 Å². The van der Waals surface area contributed by atoms with Crippen LogP contribution in [0.25, 0.3) is 0 Å². The maximum Gasteiger partial charge on any atom is 0.338 e. The molecule has 2 aromatic carbocycles. The molecule has 0 fully saturated rings. The van der Waals surface area contributed by atoms with Gasteiger partial charge < -0.3 is 18.9 Å². The predicted molar refractivity (Wildman–Crippen MR) is 120 cm³/mol. The highest BCUT2D eigenvalue weighted by atomic mass is 35.5. The molecule has 33 heavy (non-hydrogen) atoms. The van der Waals surface area contributed by atoms with Gasteiger partial charge in [-0.25, -0.2) is 4.79 Å². The van der Waals surface area contributed by atoms with Crippen molar-refractivity contribution in [3.63, 3.8) is 0 Å². The minimum absolute atomic E-state index is 0.0290. The molecule has 0 saturated carbocycles. The third kappa shape index (κ3) is 3.48. The number of allylic oxidation sites excluding steroid dienone is 2. The van der Waals surface area contributed by atoms with Crippen LogP contribution in [0, 0.1) is 6.92 Å². The van der Waals surface area contributed by atoms with Crippen molar-refractivity contribution < 1.29 is 33.3 Å². The van der Waals surface area contributed by atoms with E-state index >= 15 is 0 Å². The van der Waals surface area contributed by atoms with Crippen LogP contribution in [0.4, 0.5) is 0 Å². The Morgan fingerprint density at radius 1 is 1.06 bits per heavy atom. The third-order valence-corrected chi connectivity index (χ3v) is 6.36. The molecule has 0 amide bonds. The molecule has 2 aromatic rings. The lowest BCUT2D eigenvalue weighted by atomic mass is 9.81. The van der Waals surface area contributed by atoms with Gasteiger partial charge in [-0.15, -0.1) is 0 Å². The second-order valence-corrected chi connectivity index (χ2v) is 8.09. The predicted octanol–water partition coefficient (Wildman–Crippen LogP) is 4.41. The first-order valence-electron chi connectivity index (χ1n) is 9.79. The number of benzene rings is 2. The summed E-state index contributed by atoms with van der Waals surface area (Å²) >= 11 is 13.0. The van der Waals surface area contributed by atoms with E-state index in [1.54, 1.807) is 6.92 Å². The van der Waals surface area contributed by atoms with Crippen LogP contribution in [0.15, 0.2) is 53.8 Å². The number of hydrogen-bond acceptors (Lipinski definition) is 7. The summed E-state index contributed by atoms with van der Waals surface area (Å²) in [4.78, 5) is 38.7. The second-order valence-electron chi connectivity index (χ2n) is 7.34. The Hall–Kier alpha value is -3.29. The van der Waals surface area contributed by atoms with Gasteiger partial charge in [0.15, 0.2) is 23.0 Å². The summed E-state index contributed by atoms with van der Waals surface area (Å²) in [6, 6.07) is 9.28. The van der Waals surface area contributed by atoms with Gasteiger partial charge in [-0.2, -0.15) is 0 Å². The van der Waals surface area contributed by atoms with Gasteiger partial charge in [0.2, 0.25) is 5.78 Å². The van der Waals surface area contributed by atoms with E-state index in [2.05, 4.69) is 0 Å². The number of carbonyl (C=O) groups is 3. The molecular weight excluding hydrogens is 471 g/mol. The summed E-state index contributed by atoms with van der Waals surface area (Å²) in [5, 5.41) is 0.200. The Kier molecular flexibility index (Phi) is 5.95. The van der Waals surface area contributed by atoms with Crippen molar-refractivity contribution in [2.24, 2.45) is 0 Å². The average Bonchev–Trinajstić information content (AvgIpc) is 3.12. The van der Waals surface area contributed by atoms with Gasteiger partial charge in [-0.05, 0) is 18.1 Å². The zero-order valence-corrected chi connectivity index (χ0v) is 19.4. The van der Waals surface area contributed by atoms with Crippen LogP contribution in [0.2, 0.25) is 10.0 Å². The molecule has 0 saturated heterocycles. The topological polar surface area (TPSA) is 88.1 Å². The third-order valence-electron chi connectivity index (χ3n) is 5.45.